The molecule has 0 saturated carbocycles. The minimum Gasteiger partial charge on any atom is -0.287 e. The number of nitrogens with zero attached hydrogens (tertiary/aromatic N) is 3. The van der Waals surface area contributed by atoms with Crippen LogP contribution in [0.1, 0.15) is 48.3 Å². The summed E-state index contributed by atoms with van der Waals surface area (Å²) in [5, 5.41) is 9.88. The van der Waals surface area contributed by atoms with Crippen molar-refractivity contribution < 1.29 is 0 Å². The monoisotopic (exact) mass is 354 g/mol. The zero-order valence-corrected chi connectivity index (χ0v) is 16.2. The molecule has 25 heavy (non-hydrogen) atoms. The average Bonchev–Trinajstić information content (AvgIpc) is 3.18. The predicted octanol–water partition coefficient (Wildman–Crippen LogP) is 4.67. The molecule has 0 amide bonds. The Morgan fingerprint density at radius 2 is 1.96 bits per heavy atom. The molecule has 132 valence electrons. The van der Waals surface area contributed by atoms with Gasteiger partial charge in [-0.2, -0.15) is 5.10 Å². The lowest BCUT2D eigenvalue weighted by Gasteiger charge is -2.21. The first-order valence-electron chi connectivity index (χ1n) is 8.62. The second kappa shape index (κ2) is 7.50. The van der Waals surface area contributed by atoms with E-state index in [1.807, 2.05) is 29.7 Å². The predicted molar refractivity (Wildman–Crippen MR) is 104 cm³/mol. The number of hydrogen-bond acceptors (Lipinski definition) is 4. The largest absolute Gasteiger partial charge is 0.287 e. The molecular formula is C20H26N4S. The van der Waals surface area contributed by atoms with E-state index in [0.717, 1.165) is 36.7 Å². The van der Waals surface area contributed by atoms with Crippen molar-refractivity contribution in [3.8, 4) is 0 Å². The van der Waals surface area contributed by atoms with Crippen LogP contribution in [0.3, 0.4) is 0 Å². The van der Waals surface area contributed by atoms with E-state index in [0.29, 0.717) is 0 Å². The molecular weight excluding hydrogens is 328 g/mol. The fourth-order valence-electron chi connectivity index (χ4n) is 2.73. The van der Waals surface area contributed by atoms with Gasteiger partial charge in [0, 0.05) is 41.8 Å². The molecule has 1 N–H and O–H groups in total. The summed E-state index contributed by atoms with van der Waals surface area (Å²) in [6, 6.07) is 10.5. The minimum absolute atomic E-state index is 0.0604. The van der Waals surface area contributed by atoms with Crippen molar-refractivity contribution in [1.29, 1.82) is 0 Å². The number of H-pyrrole nitrogens is 1. The number of aromatic amines is 1. The fourth-order valence-corrected chi connectivity index (χ4v) is 3.67. The first-order chi connectivity index (χ1) is 11.9. The van der Waals surface area contributed by atoms with Gasteiger partial charge in [-0.05, 0) is 42.1 Å². The van der Waals surface area contributed by atoms with E-state index in [9.17, 15) is 0 Å². The third kappa shape index (κ3) is 4.77. The van der Waals surface area contributed by atoms with Gasteiger partial charge >= 0.3 is 0 Å². The van der Waals surface area contributed by atoms with Gasteiger partial charge < -0.3 is 0 Å². The Kier molecular flexibility index (Phi) is 5.35. The zero-order chi connectivity index (χ0) is 17.9. The lowest BCUT2D eigenvalue weighted by molar-refractivity contribution is 0.243. The Bertz CT molecular complexity index is 798. The molecule has 0 saturated heterocycles. The molecule has 0 spiro atoms. The number of aryl methyl sites for hydroxylation is 1. The van der Waals surface area contributed by atoms with Gasteiger partial charge in [-0.1, -0.05) is 26.8 Å². The molecule has 3 aromatic rings. The first-order valence-corrected chi connectivity index (χ1v) is 9.50. The SMILES string of the molecule is Cc1ccsc1CN(Cc1ccccn1)Cc1cc(C(C)(C)C)n[nH]1. The van der Waals surface area contributed by atoms with Gasteiger partial charge in [0.25, 0.3) is 0 Å². The quantitative estimate of drug-likeness (QED) is 0.699. The van der Waals surface area contributed by atoms with Crippen LogP contribution in [-0.2, 0) is 25.0 Å². The van der Waals surface area contributed by atoms with Crippen LogP contribution in [0.15, 0.2) is 41.9 Å². The van der Waals surface area contributed by atoms with Gasteiger partial charge in [0.05, 0.1) is 11.4 Å². The number of thiophene rings is 1. The van der Waals surface area contributed by atoms with Crippen molar-refractivity contribution in [2.45, 2.75) is 52.7 Å². The Hall–Kier alpha value is -1.98. The van der Waals surface area contributed by atoms with Crippen molar-refractivity contribution >= 4 is 11.3 Å². The summed E-state index contributed by atoms with van der Waals surface area (Å²) in [4.78, 5) is 8.32. The summed E-state index contributed by atoms with van der Waals surface area (Å²) < 4.78 is 0. The van der Waals surface area contributed by atoms with Crippen LogP contribution >= 0.6 is 11.3 Å². The second-order valence-corrected chi connectivity index (χ2v) is 8.52. The third-order valence-corrected chi connectivity index (χ3v) is 5.25. The van der Waals surface area contributed by atoms with E-state index >= 15 is 0 Å². The molecule has 0 aromatic carbocycles. The van der Waals surface area contributed by atoms with Gasteiger partial charge in [0.1, 0.15) is 0 Å². The lowest BCUT2D eigenvalue weighted by Crippen LogP contribution is -2.23. The van der Waals surface area contributed by atoms with Crippen molar-refractivity contribution in [2.75, 3.05) is 0 Å². The van der Waals surface area contributed by atoms with Crippen LogP contribution in [0.2, 0.25) is 0 Å². The summed E-state index contributed by atoms with van der Waals surface area (Å²) in [5.41, 5.74) is 4.76. The molecule has 4 nitrogen and oxygen atoms in total. The highest BCUT2D eigenvalue weighted by molar-refractivity contribution is 7.10. The Morgan fingerprint density at radius 3 is 2.56 bits per heavy atom. The molecule has 3 aromatic heterocycles. The third-order valence-electron chi connectivity index (χ3n) is 4.24. The molecule has 0 radical (unpaired) electrons. The summed E-state index contributed by atoms with van der Waals surface area (Å²) in [7, 11) is 0. The molecule has 5 heteroatoms. The van der Waals surface area contributed by atoms with Crippen molar-refractivity contribution in [3.63, 3.8) is 0 Å². The molecule has 0 aliphatic carbocycles. The number of nitrogens with one attached hydrogen (secondary N) is 1. The molecule has 0 atom stereocenters. The minimum atomic E-state index is 0.0604. The van der Waals surface area contributed by atoms with Crippen LogP contribution < -0.4 is 0 Å². The van der Waals surface area contributed by atoms with Gasteiger partial charge in [-0.15, -0.1) is 11.3 Å². The fraction of sp³-hybridized carbons (Fsp3) is 0.400. The van der Waals surface area contributed by atoms with Crippen molar-refractivity contribution in [3.05, 3.63) is 69.4 Å². The van der Waals surface area contributed by atoms with Crippen LogP contribution in [0.5, 0.6) is 0 Å². The smallest absolute Gasteiger partial charge is 0.0678 e. The van der Waals surface area contributed by atoms with Gasteiger partial charge in [-0.25, -0.2) is 0 Å². The Balaban J connectivity index is 1.78. The highest BCUT2D eigenvalue weighted by Crippen LogP contribution is 2.23. The van der Waals surface area contributed by atoms with Crippen LogP contribution in [-0.4, -0.2) is 20.1 Å². The van der Waals surface area contributed by atoms with Gasteiger partial charge in [0.15, 0.2) is 0 Å². The molecule has 0 fully saturated rings. The van der Waals surface area contributed by atoms with E-state index in [-0.39, 0.29) is 5.41 Å². The second-order valence-electron chi connectivity index (χ2n) is 7.52. The molecule has 0 unspecified atom stereocenters. The summed E-state index contributed by atoms with van der Waals surface area (Å²) in [5.74, 6) is 0. The number of pyridine rings is 1. The van der Waals surface area contributed by atoms with E-state index in [2.05, 4.69) is 71.4 Å². The highest BCUT2D eigenvalue weighted by Gasteiger charge is 2.19. The number of aromatic nitrogens is 3. The standard InChI is InChI=1S/C20H26N4S/c1-15-8-10-25-18(15)14-24(12-16-7-5-6-9-21-16)13-17-11-19(23-22-17)20(2,3)4/h5-11H,12-14H2,1-4H3,(H,22,23). The van der Waals surface area contributed by atoms with E-state index in [1.54, 1.807) is 0 Å². The topological polar surface area (TPSA) is 44.8 Å². The maximum atomic E-state index is 4.50. The van der Waals surface area contributed by atoms with Crippen molar-refractivity contribution in [1.82, 2.24) is 20.1 Å². The van der Waals surface area contributed by atoms with Gasteiger partial charge in [-0.3, -0.25) is 15.0 Å². The van der Waals surface area contributed by atoms with Gasteiger partial charge in [0.2, 0.25) is 0 Å². The lowest BCUT2D eigenvalue weighted by atomic mass is 9.92. The molecule has 0 aliphatic rings. The Labute approximate surface area is 153 Å². The van der Waals surface area contributed by atoms with Crippen molar-refractivity contribution in [2.24, 2.45) is 0 Å². The molecule has 3 heterocycles. The van der Waals surface area contributed by atoms with E-state index in [1.165, 1.54) is 10.4 Å². The summed E-state index contributed by atoms with van der Waals surface area (Å²) >= 11 is 1.82. The zero-order valence-electron chi connectivity index (χ0n) is 15.4. The van der Waals surface area contributed by atoms with Crippen LogP contribution in [0, 0.1) is 6.92 Å². The molecule has 3 rings (SSSR count). The maximum Gasteiger partial charge on any atom is 0.0678 e. The van der Waals surface area contributed by atoms with Crippen LogP contribution in [0.25, 0.3) is 0 Å². The van der Waals surface area contributed by atoms with E-state index in [4.69, 9.17) is 0 Å². The molecule has 0 aliphatic heterocycles. The average molecular weight is 355 g/mol. The van der Waals surface area contributed by atoms with Crippen LogP contribution in [0.4, 0.5) is 0 Å². The normalized spacial score (nSPS) is 12.0. The highest BCUT2D eigenvalue weighted by atomic mass is 32.1. The number of hydrogen-bond donors (Lipinski definition) is 1. The maximum absolute atomic E-state index is 4.50. The first kappa shape index (κ1) is 17.8. The van der Waals surface area contributed by atoms with E-state index < -0.39 is 0 Å². The number of rotatable bonds is 6. The summed E-state index contributed by atoms with van der Waals surface area (Å²) in [6.07, 6.45) is 1.86. The summed E-state index contributed by atoms with van der Waals surface area (Å²) in [6.45, 7) is 11.3. The molecule has 0 bridgehead atoms. The Morgan fingerprint density at radius 1 is 1.12 bits per heavy atom.